The van der Waals surface area contributed by atoms with Crippen LogP contribution in [0.5, 0.6) is 5.75 Å². The zero-order chi connectivity index (χ0) is 17.6. The highest BCUT2D eigenvalue weighted by Crippen LogP contribution is 2.20. The van der Waals surface area contributed by atoms with E-state index in [1.807, 2.05) is 30.3 Å². The number of ether oxygens (including phenoxy) is 1. The van der Waals surface area contributed by atoms with Crippen molar-refractivity contribution in [3.8, 4) is 11.4 Å². The molecule has 25 heavy (non-hydrogen) atoms. The molecule has 2 aromatic carbocycles. The minimum absolute atomic E-state index is 0.113. The Morgan fingerprint density at radius 1 is 1.24 bits per heavy atom. The lowest BCUT2D eigenvalue weighted by Gasteiger charge is -2.10. The van der Waals surface area contributed by atoms with Crippen LogP contribution in [0.4, 0.5) is 14.9 Å². The molecule has 0 aliphatic heterocycles. The van der Waals surface area contributed by atoms with Gasteiger partial charge in [-0.1, -0.05) is 18.2 Å². The van der Waals surface area contributed by atoms with Gasteiger partial charge in [-0.2, -0.15) is 0 Å². The molecule has 128 valence electrons. The van der Waals surface area contributed by atoms with E-state index in [4.69, 9.17) is 4.74 Å². The molecule has 0 saturated heterocycles. The predicted molar refractivity (Wildman–Crippen MR) is 90.2 cm³/mol. The quantitative estimate of drug-likeness (QED) is 0.748. The fourth-order valence-electron chi connectivity index (χ4n) is 2.26. The highest BCUT2D eigenvalue weighted by molar-refractivity contribution is 5.89. The van der Waals surface area contributed by atoms with Crippen molar-refractivity contribution in [3.05, 3.63) is 66.5 Å². The molecule has 2 N–H and O–H groups in total. The second-order valence-electron chi connectivity index (χ2n) is 5.11. The number of anilines is 1. The predicted octanol–water partition coefficient (Wildman–Crippen LogP) is 2.74. The van der Waals surface area contributed by atoms with Gasteiger partial charge in [-0.3, -0.25) is 4.57 Å². The van der Waals surface area contributed by atoms with Crippen LogP contribution in [0.15, 0.2) is 54.9 Å². The van der Waals surface area contributed by atoms with E-state index in [2.05, 4.69) is 20.8 Å². The number of aromatic nitrogens is 3. The van der Waals surface area contributed by atoms with Crippen LogP contribution in [-0.4, -0.2) is 27.9 Å². The SMILES string of the molecule is COc1ccc(NC(=O)NCc2nncn2-c2ccccc2)cc1F. The molecule has 3 rings (SSSR count). The number of urea groups is 1. The zero-order valence-electron chi connectivity index (χ0n) is 13.4. The largest absolute Gasteiger partial charge is 0.494 e. The number of carbonyl (C=O) groups is 1. The number of para-hydroxylation sites is 1. The van der Waals surface area contributed by atoms with Gasteiger partial charge in [0.15, 0.2) is 17.4 Å². The lowest BCUT2D eigenvalue weighted by atomic mass is 10.3. The first-order valence-corrected chi connectivity index (χ1v) is 7.50. The van der Waals surface area contributed by atoms with E-state index in [1.165, 1.54) is 19.2 Å². The molecule has 0 atom stereocenters. The molecule has 0 aliphatic carbocycles. The van der Waals surface area contributed by atoms with E-state index in [0.29, 0.717) is 11.5 Å². The third-order valence-corrected chi connectivity index (χ3v) is 3.47. The van der Waals surface area contributed by atoms with E-state index in [0.717, 1.165) is 5.69 Å². The van der Waals surface area contributed by atoms with Gasteiger partial charge in [-0.15, -0.1) is 10.2 Å². The molecule has 0 spiro atoms. The molecule has 1 heterocycles. The van der Waals surface area contributed by atoms with Crippen molar-refractivity contribution in [2.24, 2.45) is 0 Å². The highest BCUT2D eigenvalue weighted by atomic mass is 19.1. The Morgan fingerprint density at radius 2 is 2.04 bits per heavy atom. The minimum Gasteiger partial charge on any atom is -0.494 e. The summed E-state index contributed by atoms with van der Waals surface area (Å²) in [7, 11) is 1.38. The molecule has 0 aliphatic rings. The second kappa shape index (κ2) is 7.43. The Bertz CT molecular complexity index is 866. The van der Waals surface area contributed by atoms with Crippen molar-refractivity contribution >= 4 is 11.7 Å². The molecule has 0 radical (unpaired) electrons. The van der Waals surface area contributed by atoms with E-state index in [-0.39, 0.29) is 12.3 Å². The van der Waals surface area contributed by atoms with Crippen LogP contribution in [0.3, 0.4) is 0 Å². The van der Waals surface area contributed by atoms with Crippen LogP contribution in [-0.2, 0) is 6.54 Å². The number of nitrogens with one attached hydrogen (secondary N) is 2. The summed E-state index contributed by atoms with van der Waals surface area (Å²) in [5.41, 5.74) is 1.21. The molecular formula is C17H16FN5O2. The van der Waals surface area contributed by atoms with Gasteiger partial charge in [0, 0.05) is 17.4 Å². The smallest absolute Gasteiger partial charge is 0.319 e. The Kier molecular flexibility index (Phi) is 4.89. The van der Waals surface area contributed by atoms with Crippen molar-refractivity contribution in [2.45, 2.75) is 6.54 Å². The summed E-state index contributed by atoms with van der Waals surface area (Å²) >= 11 is 0. The van der Waals surface area contributed by atoms with E-state index in [1.54, 1.807) is 17.0 Å². The fraction of sp³-hybridized carbons (Fsp3) is 0.118. The van der Waals surface area contributed by atoms with E-state index in [9.17, 15) is 9.18 Å². The minimum atomic E-state index is -0.552. The number of amides is 2. The Morgan fingerprint density at radius 3 is 2.76 bits per heavy atom. The van der Waals surface area contributed by atoms with Gasteiger partial charge in [0.1, 0.15) is 6.33 Å². The number of hydrogen-bond donors (Lipinski definition) is 2. The summed E-state index contributed by atoms with van der Waals surface area (Å²) in [6.45, 7) is 0.166. The van der Waals surface area contributed by atoms with Crippen molar-refractivity contribution in [1.29, 1.82) is 0 Å². The van der Waals surface area contributed by atoms with Gasteiger partial charge in [-0.25, -0.2) is 9.18 Å². The molecular weight excluding hydrogens is 325 g/mol. The first-order chi connectivity index (χ1) is 12.2. The van der Waals surface area contributed by atoms with Crippen molar-refractivity contribution < 1.29 is 13.9 Å². The van der Waals surface area contributed by atoms with Crippen LogP contribution in [0.1, 0.15) is 5.82 Å². The maximum Gasteiger partial charge on any atom is 0.319 e. The maximum absolute atomic E-state index is 13.6. The summed E-state index contributed by atoms with van der Waals surface area (Å²) in [5.74, 6) is 0.133. The number of nitrogens with zero attached hydrogens (tertiary/aromatic N) is 3. The Labute approximate surface area is 143 Å². The molecule has 0 saturated carbocycles. The first-order valence-electron chi connectivity index (χ1n) is 7.50. The van der Waals surface area contributed by atoms with Gasteiger partial charge in [0.25, 0.3) is 0 Å². The second-order valence-corrected chi connectivity index (χ2v) is 5.11. The van der Waals surface area contributed by atoms with Crippen LogP contribution < -0.4 is 15.4 Å². The first kappa shape index (κ1) is 16.4. The van der Waals surface area contributed by atoms with Crippen LogP contribution in [0, 0.1) is 5.82 Å². The maximum atomic E-state index is 13.6. The van der Waals surface area contributed by atoms with Gasteiger partial charge in [0.05, 0.1) is 13.7 Å². The molecule has 8 heteroatoms. The number of methoxy groups -OCH3 is 1. The Balaban J connectivity index is 1.62. The van der Waals surface area contributed by atoms with Gasteiger partial charge >= 0.3 is 6.03 Å². The van der Waals surface area contributed by atoms with E-state index >= 15 is 0 Å². The van der Waals surface area contributed by atoms with Crippen LogP contribution in [0.2, 0.25) is 0 Å². The third kappa shape index (κ3) is 3.92. The highest BCUT2D eigenvalue weighted by Gasteiger charge is 2.09. The summed E-state index contributed by atoms with van der Waals surface area (Å²) < 4.78 is 20.2. The van der Waals surface area contributed by atoms with Crippen molar-refractivity contribution in [2.75, 3.05) is 12.4 Å². The molecule has 3 aromatic rings. The average molecular weight is 341 g/mol. The number of hydrogen-bond acceptors (Lipinski definition) is 4. The summed E-state index contributed by atoms with van der Waals surface area (Å²) in [6.07, 6.45) is 1.57. The number of halogens is 1. The monoisotopic (exact) mass is 341 g/mol. The lowest BCUT2D eigenvalue weighted by molar-refractivity contribution is 0.251. The van der Waals surface area contributed by atoms with Gasteiger partial charge < -0.3 is 15.4 Å². The lowest BCUT2D eigenvalue weighted by Crippen LogP contribution is -2.29. The average Bonchev–Trinajstić information content (AvgIpc) is 3.09. The van der Waals surface area contributed by atoms with Crippen LogP contribution >= 0.6 is 0 Å². The Hall–Kier alpha value is -3.42. The molecule has 1 aromatic heterocycles. The number of rotatable bonds is 5. The molecule has 2 amide bonds. The van der Waals surface area contributed by atoms with Crippen molar-refractivity contribution in [1.82, 2.24) is 20.1 Å². The number of carbonyl (C=O) groups excluding carboxylic acids is 1. The number of benzene rings is 2. The fourth-order valence-corrected chi connectivity index (χ4v) is 2.26. The third-order valence-electron chi connectivity index (χ3n) is 3.47. The molecule has 7 nitrogen and oxygen atoms in total. The normalized spacial score (nSPS) is 10.3. The van der Waals surface area contributed by atoms with Crippen molar-refractivity contribution in [3.63, 3.8) is 0 Å². The summed E-state index contributed by atoms with van der Waals surface area (Å²) in [5, 5.41) is 13.1. The summed E-state index contributed by atoms with van der Waals surface area (Å²) in [4.78, 5) is 12.0. The van der Waals surface area contributed by atoms with Crippen LogP contribution in [0.25, 0.3) is 5.69 Å². The molecule has 0 fully saturated rings. The zero-order valence-corrected chi connectivity index (χ0v) is 13.4. The molecule has 0 bridgehead atoms. The van der Waals surface area contributed by atoms with Gasteiger partial charge in [-0.05, 0) is 24.3 Å². The molecule has 0 unspecified atom stereocenters. The van der Waals surface area contributed by atoms with Gasteiger partial charge in [0.2, 0.25) is 0 Å². The standard InChI is InChI=1S/C17H16FN5O2/c1-25-15-8-7-12(9-14(15)18)21-17(24)19-10-16-22-20-11-23(16)13-5-3-2-4-6-13/h2-9,11H,10H2,1H3,(H2,19,21,24). The topological polar surface area (TPSA) is 81.1 Å². The van der Waals surface area contributed by atoms with E-state index < -0.39 is 11.8 Å². The summed E-state index contributed by atoms with van der Waals surface area (Å²) in [6, 6.07) is 13.2.